The van der Waals surface area contributed by atoms with E-state index < -0.39 is 23.7 Å². The monoisotopic (exact) mass is 731 g/mol. The third kappa shape index (κ3) is 9.18. The van der Waals surface area contributed by atoms with Crippen molar-refractivity contribution >= 4 is 35.1 Å². The molecule has 2 amide bonds. The standard InChI is InChI=1S/C40H47ClFN5O5/c1-26-11-6-16-37(27(26)2)52-20-10-17-38(48)46-19-9-13-31-30(12-7-14-35(31)46)29-23-44-45(24-29)25-32-33(41)21-28(22-34(32)42)39(49)43-18-8-15-36(40(50)51)47(3,4)5/h6-7,11-12,14,16,21-24,36H,8-10,13,15,17-20,25H2,1-5H3,(H-,43,49,50,51)/t36-/m0/s1. The number of amides is 2. The number of aliphatic carboxylic acids is 1. The Kier molecular flexibility index (Phi) is 12.4. The summed E-state index contributed by atoms with van der Waals surface area (Å²) in [6.45, 7) is 5.46. The molecule has 0 radical (unpaired) electrons. The van der Waals surface area contributed by atoms with Crippen LogP contribution in [0.2, 0.25) is 5.02 Å². The highest BCUT2D eigenvalue weighted by Crippen LogP contribution is 2.36. The van der Waals surface area contributed by atoms with Crippen LogP contribution < -0.4 is 20.1 Å². The molecule has 1 aromatic heterocycles. The van der Waals surface area contributed by atoms with Crippen LogP contribution >= 0.6 is 11.6 Å². The van der Waals surface area contributed by atoms with Gasteiger partial charge in [-0.15, -0.1) is 0 Å². The van der Waals surface area contributed by atoms with Gasteiger partial charge < -0.3 is 29.3 Å². The third-order valence-corrected chi connectivity index (χ3v) is 10.1. The Labute approximate surface area is 309 Å². The fourth-order valence-corrected chi connectivity index (χ4v) is 6.90. The minimum atomic E-state index is -1.14. The zero-order valence-corrected chi connectivity index (χ0v) is 31.3. The molecule has 4 aromatic rings. The second kappa shape index (κ2) is 16.7. The first-order chi connectivity index (χ1) is 24.7. The highest BCUT2D eigenvalue weighted by Gasteiger charge is 2.26. The van der Waals surface area contributed by atoms with Gasteiger partial charge in [0, 0.05) is 59.5 Å². The molecule has 5 rings (SSSR count). The number of carbonyl (C=O) groups is 3. The summed E-state index contributed by atoms with van der Waals surface area (Å²) in [5, 5.41) is 18.8. The van der Waals surface area contributed by atoms with Crippen molar-refractivity contribution in [3.63, 3.8) is 0 Å². The predicted octanol–water partition coefficient (Wildman–Crippen LogP) is 5.48. The number of rotatable bonds is 15. The summed E-state index contributed by atoms with van der Waals surface area (Å²) in [6, 6.07) is 13.8. The summed E-state index contributed by atoms with van der Waals surface area (Å²) in [4.78, 5) is 39.5. The van der Waals surface area contributed by atoms with Crippen molar-refractivity contribution in [1.29, 1.82) is 0 Å². The van der Waals surface area contributed by atoms with Crippen molar-refractivity contribution in [2.45, 2.75) is 65.0 Å². The number of anilines is 1. The van der Waals surface area contributed by atoms with Crippen LogP contribution in [-0.2, 0) is 22.6 Å². The summed E-state index contributed by atoms with van der Waals surface area (Å²) in [5.74, 6) is -1.37. The van der Waals surface area contributed by atoms with Crippen LogP contribution in [0, 0.1) is 19.7 Å². The van der Waals surface area contributed by atoms with Gasteiger partial charge in [0.15, 0.2) is 0 Å². The summed E-state index contributed by atoms with van der Waals surface area (Å²) in [6.07, 6.45) is 6.91. The number of benzene rings is 3. The number of carbonyl (C=O) groups excluding carboxylic acids is 3. The summed E-state index contributed by atoms with van der Waals surface area (Å²) >= 11 is 6.49. The summed E-state index contributed by atoms with van der Waals surface area (Å²) in [5.41, 5.74) is 6.31. The predicted molar refractivity (Wildman–Crippen MR) is 198 cm³/mol. The van der Waals surface area contributed by atoms with Gasteiger partial charge in [-0.3, -0.25) is 14.3 Å². The van der Waals surface area contributed by atoms with E-state index in [2.05, 4.69) is 23.4 Å². The van der Waals surface area contributed by atoms with Crippen LogP contribution in [0.1, 0.15) is 64.7 Å². The lowest BCUT2D eigenvalue weighted by atomic mass is 9.93. The van der Waals surface area contributed by atoms with Gasteiger partial charge in [0.2, 0.25) is 5.91 Å². The summed E-state index contributed by atoms with van der Waals surface area (Å²) in [7, 11) is 5.32. The van der Waals surface area contributed by atoms with Crippen molar-refractivity contribution in [3.05, 3.63) is 99.6 Å². The lowest BCUT2D eigenvalue weighted by Gasteiger charge is -2.34. The highest BCUT2D eigenvalue weighted by molar-refractivity contribution is 6.31. The van der Waals surface area contributed by atoms with E-state index in [1.165, 1.54) is 11.6 Å². The molecule has 276 valence electrons. The van der Waals surface area contributed by atoms with Crippen LogP contribution in [0.4, 0.5) is 10.1 Å². The number of carboxylic acid groups (broad SMARTS) is 1. The molecule has 0 fully saturated rings. The third-order valence-electron chi connectivity index (χ3n) is 9.71. The van der Waals surface area contributed by atoms with Crippen molar-refractivity contribution < 1.29 is 33.1 Å². The van der Waals surface area contributed by atoms with Crippen molar-refractivity contribution in [1.82, 2.24) is 15.1 Å². The van der Waals surface area contributed by atoms with Gasteiger partial charge in [0.25, 0.3) is 5.91 Å². The van der Waals surface area contributed by atoms with Gasteiger partial charge in [-0.05, 0) is 86.1 Å². The van der Waals surface area contributed by atoms with Crippen molar-refractivity contribution in [2.75, 3.05) is 45.7 Å². The molecule has 1 atom stereocenters. The van der Waals surface area contributed by atoms with Gasteiger partial charge in [0.05, 0.1) is 46.5 Å². The van der Waals surface area contributed by atoms with E-state index in [0.717, 1.165) is 52.6 Å². The molecule has 0 spiro atoms. The fourth-order valence-electron chi connectivity index (χ4n) is 6.63. The molecule has 0 aliphatic carbocycles. The van der Waals surface area contributed by atoms with Crippen LogP contribution in [0.25, 0.3) is 11.1 Å². The molecule has 1 N–H and O–H groups in total. The average molecular weight is 732 g/mol. The van der Waals surface area contributed by atoms with E-state index in [9.17, 15) is 19.5 Å². The minimum Gasteiger partial charge on any atom is -0.544 e. The second-order valence-corrected chi connectivity index (χ2v) is 14.7. The molecule has 12 heteroatoms. The van der Waals surface area contributed by atoms with Crippen LogP contribution in [0.5, 0.6) is 5.75 Å². The first-order valence-corrected chi connectivity index (χ1v) is 18.0. The van der Waals surface area contributed by atoms with Crippen LogP contribution in [0.3, 0.4) is 0 Å². The number of nitrogens with zero attached hydrogens (tertiary/aromatic N) is 4. The van der Waals surface area contributed by atoms with Gasteiger partial charge in [-0.25, -0.2) is 4.39 Å². The number of likely N-dealkylation sites (N-methyl/N-ethyl adjacent to an activating group) is 1. The van der Waals surface area contributed by atoms with E-state index in [4.69, 9.17) is 16.3 Å². The molecule has 0 saturated carbocycles. The minimum absolute atomic E-state index is 0.0476. The Hall–Kier alpha value is -4.74. The number of carboxylic acids is 1. The zero-order chi connectivity index (χ0) is 37.6. The molecule has 0 unspecified atom stereocenters. The number of hydrogen-bond acceptors (Lipinski definition) is 6. The molecule has 2 heterocycles. The number of quaternary nitrogens is 1. The van der Waals surface area contributed by atoms with Crippen molar-refractivity contribution in [2.24, 2.45) is 0 Å². The maximum Gasteiger partial charge on any atom is 0.251 e. The first-order valence-electron chi connectivity index (χ1n) is 17.7. The van der Waals surface area contributed by atoms with E-state index in [0.29, 0.717) is 38.8 Å². The molecular weight excluding hydrogens is 685 g/mol. The molecular formula is C40H47ClFN5O5. The molecule has 0 saturated heterocycles. The molecule has 10 nitrogen and oxygen atoms in total. The maximum absolute atomic E-state index is 15.4. The Morgan fingerprint density at radius 3 is 2.60 bits per heavy atom. The van der Waals surface area contributed by atoms with E-state index in [1.54, 1.807) is 32.0 Å². The van der Waals surface area contributed by atoms with E-state index in [-0.39, 0.29) is 39.6 Å². The summed E-state index contributed by atoms with van der Waals surface area (Å²) < 4.78 is 23.1. The number of hydrogen-bond donors (Lipinski definition) is 1. The Bertz CT molecular complexity index is 1910. The zero-order valence-electron chi connectivity index (χ0n) is 30.5. The van der Waals surface area contributed by atoms with Gasteiger partial charge >= 0.3 is 0 Å². The van der Waals surface area contributed by atoms with Crippen molar-refractivity contribution in [3.8, 4) is 16.9 Å². The largest absolute Gasteiger partial charge is 0.544 e. The lowest BCUT2D eigenvalue weighted by Crippen LogP contribution is -2.54. The maximum atomic E-state index is 15.4. The van der Waals surface area contributed by atoms with Crippen LogP contribution in [-0.4, -0.2) is 78.9 Å². The lowest BCUT2D eigenvalue weighted by molar-refractivity contribution is -0.889. The smallest absolute Gasteiger partial charge is 0.251 e. The van der Waals surface area contributed by atoms with Gasteiger partial charge in [0.1, 0.15) is 17.6 Å². The quantitative estimate of drug-likeness (QED) is 0.128. The Balaban J connectivity index is 1.20. The molecule has 0 bridgehead atoms. The van der Waals surface area contributed by atoms with Gasteiger partial charge in [-0.1, -0.05) is 35.9 Å². The van der Waals surface area contributed by atoms with Gasteiger partial charge in [-0.2, -0.15) is 5.10 Å². The van der Waals surface area contributed by atoms with Crippen LogP contribution in [0.15, 0.2) is 60.9 Å². The number of fused-ring (bicyclic) bond motifs is 1. The average Bonchev–Trinajstić information content (AvgIpc) is 3.56. The Morgan fingerprint density at radius 1 is 1.10 bits per heavy atom. The number of aryl methyl sites for hydroxylation is 1. The fraction of sp³-hybridized carbons (Fsp3) is 0.400. The first kappa shape index (κ1) is 38.5. The number of ether oxygens (including phenoxy) is 1. The normalized spacial score (nSPS) is 13.4. The van der Waals surface area contributed by atoms with E-state index >= 15 is 4.39 Å². The number of halogens is 2. The number of nitrogens with one attached hydrogen (secondary N) is 1. The number of aromatic nitrogens is 2. The molecule has 3 aromatic carbocycles. The SMILES string of the molecule is Cc1cccc(OCCCC(=O)N2CCCc3c(-c4cnn(Cc5c(F)cc(C(=O)NCCC[C@@H](C(=O)[O-])[N+](C)(C)C)cc5Cl)c4)cccc32)c1C. The topological polar surface area (TPSA) is 117 Å². The second-order valence-electron chi connectivity index (χ2n) is 14.3. The molecule has 1 aliphatic heterocycles. The Morgan fingerprint density at radius 2 is 1.87 bits per heavy atom. The molecule has 52 heavy (non-hydrogen) atoms. The van der Waals surface area contributed by atoms with E-state index in [1.807, 2.05) is 48.4 Å². The highest BCUT2D eigenvalue weighted by atomic mass is 35.5. The molecule has 1 aliphatic rings.